The van der Waals surface area contributed by atoms with Crippen LogP contribution in [-0.2, 0) is 0 Å². The molecule has 2 N–H and O–H groups in total. The van der Waals surface area contributed by atoms with E-state index in [1.54, 1.807) is 18.0 Å². The molecule has 9 heteroatoms. The maximum absolute atomic E-state index is 11.8. The fourth-order valence-electron chi connectivity index (χ4n) is 6.30. The third kappa shape index (κ3) is 2.71. The molecule has 1 heterocycles. The smallest absolute Gasteiger partial charge is 0.323 e. The highest BCUT2D eigenvalue weighted by atomic mass is 16.6. The number of aliphatic hydroxyl groups excluding tert-OH is 1. The number of nitrogens with zero attached hydrogens (tertiary/aromatic N) is 4. The summed E-state index contributed by atoms with van der Waals surface area (Å²) in [6.07, 6.45) is 7.45. The third-order valence-corrected chi connectivity index (χ3v) is 6.96. The summed E-state index contributed by atoms with van der Waals surface area (Å²) in [5, 5.41) is 32.6. The number of anilines is 2. The number of aromatic nitrogens is 2. The first-order valence-electron chi connectivity index (χ1n) is 10.0. The molecule has 4 saturated carbocycles. The Hall–Kier alpha value is -2.42. The summed E-state index contributed by atoms with van der Waals surface area (Å²) in [7, 11) is 1.73. The summed E-state index contributed by atoms with van der Waals surface area (Å²) >= 11 is 0. The number of benzene rings is 1. The van der Waals surface area contributed by atoms with Gasteiger partial charge in [0.15, 0.2) is 5.52 Å². The molecule has 1 aromatic heterocycles. The van der Waals surface area contributed by atoms with Gasteiger partial charge in [-0.15, -0.1) is 0 Å². The van der Waals surface area contributed by atoms with Gasteiger partial charge in [-0.2, -0.15) is 0 Å². The van der Waals surface area contributed by atoms with Crippen molar-refractivity contribution in [2.75, 3.05) is 30.4 Å². The second-order valence-corrected chi connectivity index (χ2v) is 8.98. The van der Waals surface area contributed by atoms with Crippen molar-refractivity contribution in [3.63, 3.8) is 0 Å². The van der Waals surface area contributed by atoms with Crippen LogP contribution in [0.4, 0.5) is 17.1 Å². The van der Waals surface area contributed by atoms with Crippen molar-refractivity contribution < 1.29 is 14.7 Å². The van der Waals surface area contributed by atoms with Gasteiger partial charge in [0.2, 0.25) is 5.52 Å². The molecule has 0 saturated heterocycles. The zero-order valence-corrected chi connectivity index (χ0v) is 15.9. The van der Waals surface area contributed by atoms with E-state index in [0.29, 0.717) is 11.2 Å². The van der Waals surface area contributed by atoms with Gasteiger partial charge in [0.25, 0.3) is 0 Å². The minimum absolute atomic E-state index is 0.0313. The Morgan fingerprint density at radius 2 is 1.86 bits per heavy atom. The molecule has 9 nitrogen and oxygen atoms in total. The number of nitro benzene ring substituents is 1. The van der Waals surface area contributed by atoms with Crippen molar-refractivity contribution >= 4 is 28.1 Å². The molecule has 0 amide bonds. The fraction of sp³-hybridized carbons (Fsp3) is 0.684. The second kappa shape index (κ2) is 6.30. The molecule has 4 aliphatic rings. The van der Waals surface area contributed by atoms with Crippen LogP contribution in [0.15, 0.2) is 10.7 Å². The predicted molar refractivity (Wildman–Crippen MR) is 103 cm³/mol. The minimum Gasteiger partial charge on any atom is -0.395 e. The molecule has 28 heavy (non-hydrogen) atoms. The first-order valence-corrected chi connectivity index (χ1v) is 10.0. The summed E-state index contributed by atoms with van der Waals surface area (Å²) in [4.78, 5) is 13.0. The Kier molecular flexibility index (Phi) is 3.97. The average molecular weight is 387 g/mol. The molecule has 0 radical (unpaired) electrons. The molecule has 0 spiro atoms. The van der Waals surface area contributed by atoms with E-state index < -0.39 is 4.92 Å². The number of hydrogen-bond donors (Lipinski definition) is 2. The Bertz CT molecular complexity index is 891. The lowest BCUT2D eigenvalue weighted by Gasteiger charge is -2.57. The zero-order valence-electron chi connectivity index (χ0n) is 15.9. The van der Waals surface area contributed by atoms with Gasteiger partial charge in [-0.05, 0) is 72.7 Å². The fourth-order valence-corrected chi connectivity index (χ4v) is 6.30. The van der Waals surface area contributed by atoms with Crippen molar-refractivity contribution in [1.29, 1.82) is 0 Å². The van der Waals surface area contributed by atoms with E-state index in [1.807, 2.05) is 0 Å². The maximum atomic E-state index is 11.8. The van der Waals surface area contributed by atoms with Crippen LogP contribution in [0.25, 0.3) is 11.0 Å². The average Bonchev–Trinajstić information content (AvgIpc) is 3.09. The molecule has 1 aromatic carbocycles. The SMILES string of the molecule is CN(CCO)c1cc(NC23CC4CC(CC(C4)C2)C3)c2nonc2c1[N+](=O)[O-]. The van der Waals surface area contributed by atoms with Gasteiger partial charge in [0.05, 0.1) is 17.2 Å². The monoisotopic (exact) mass is 387 g/mol. The second-order valence-electron chi connectivity index (χ2n) is 8.98. The Morgan fingerprint density at radius 1 is 1.25 bits per heavy atom. The molecular weight excluding hydrogens is 362 g/mol. The van der Waals surface area contributed by atoms with E-state index in [9.17, 15) is 15.2 Å². The third-order valence-electron chi connectivity index (χ3n) is 6.96. The van der Waals surface area contributed by atoms with E-state index in [-0.39, 0.29) is 29.9 Å². The highest BCUT2D eigenvalue weighted by Gasteiger charge is 2.51. The van der Waals surface area contributed by atoms with Crippen LogP contribution in [0.3, 0.4) is 0 Å². The van der Waals surface area contributed by atoms with Crippen LogP contribution in [0.1, 0.15) is 38.5 Å². The normalized spacial score (nSPS) is 30.7. The van der Waals surface area contributed by atoms with E-state index >= 15 is 0 Å². The number of rotatable bonds is 6. The number of aliphatic hydroxyl groups is 1. The standard InChI is InChI=1S/C19H25N5O4/c1-23(2-3-25)15-7-14(16-17(22-28-21-16)18(15)24(26)27)20-19-8-11-4-12(9-19)6-13(5-11)10-19/h7,11-13,20,25H,2-6,8-10H2,1H3. The number of hydrogen-bond acceptors (Lipinski definition) is 8. The summed E-state index contributed by atoms with van der Waals surface area (Å²) in [5.74, 6) is 2.33. The predicted octanol–water partition coefficient (Wildman–Crippen LogP) is 2.94. The Labute approximate surface area is 162 Å². The molecule has 0 aliphatic heterocycles. The van der Waals surface area contributed by atoms with E-state index in [4.69, 9.17) is 4.63 Å². The molecule has 2 aromatic rings. The van der Waals surface area contributed by atoms with Gasteiger partial charge < -0.3 is 15.3 Å². The lowest BCUT2D eigenvalue weighted by Crippen LogP contribution is -2.54. The lowest BCUT2D eigenvalue weighted by atomic mass is 9.53. The van der Waals surface area contributed by atoms with Crippen LogP contribution in [0.5, 0.6) is 0 Å². The summed E-state index contributed by atoms with van der Waals surface area (Å²) < 4.78 is 4.90. The van der Waals surface area contributed by atoms with Crippen molar-refractivity contribution in [1.82, 2.24) is 10.3 Å². The largest absolute Gasteiger partial charge is 0.395 e. The summed E-state index contributed by atoms with van der Waals surface area (Å²) in [5.41, 5.74) is 1.60. The van der Waals surface area contributed by atoms with Gasteiger partial charge in [0, 0.05) is 19.1 Å². The number of nitrogens with one attached hydrogen (secondary N) is 1. The molecular formula is C19H25N5O4. The van der Waals surface area contributed by atoms with Gasteiger partial charge in [-0.3, -0.25) is 10.1 Å². The molecule has 0 atom stereocenters. The summed E-state index contributed by atoms with van der Waals surface area (Å²) in [6, 6.07) is 1.78. The van der Waals surface area contributed by atoms with E-state index in [0.717, 1.165) is 42.7 Å². The Balaban J connectivity index is 1.59. The number of likely N-dealkylation sites (N-methyl/N-ethyl adjacent to an activating group) is 1. The van der Waals surface area contributed by atoms with Gasteiger partial charge >= 0.3 is 5.69 Å². The zero-order chi connectivity index (χ0) is 19.5. The summed E-state index contributed by atoms with van der Waals surface area (Å²) in [6.45, 7) is 0.189. The van der Waals surface area contributed by atoms with E-state index in [2.05, 4.69) is 15.6 Å². The highest BCUT2D eigenvalue weighted by Crippen LogP contribution is 2.57. The quantitative estimate of drug-likeness (QED) is 0.574. The van der Waals surface area contributed by atoms with Gasteiger partial charge in [-0.25, -0.2) is 4.63 Å². The number of nitro groups is 1. The topological polar surface area (TPSA) is 118 Å². The van der Waals surface area contributed by atoms with Crippen molar-refractivity contribution in [2.24, 2.45) is 17.8 Å². The maximum Gasteiger partial charge on any atom is 0.323 e. The van der Waals surface area contributed by atoms with Gasteiger partial charge in [0.1, 0.15) is 5.69 Å². The number of fused-ring (bicyclic) bond motifs is 1. The minimum atomic E-state index is -0.454. The van der Waals surface area contributed by atoms with Crippen molar-refractivity contribution in [2.45, 2.75) is 44.1 Å². The lowest BCUT2D eigenvalue weighted by molar-refractivity contribution is -0.382. The van der Waals surface area contributed by atoms with E-state index in [1.165, 1.54) is 19.3 Å². The Morgan fingerprint density at radius 3 is 2.43 bits per heavy atom. The molecule has 4 aliphatic carbocycles. The molecule has 150 valence electrons. The highest BCUT2D eigenvalue weighted by molar-refractivity contribution is 5.99. The first kappa shape index (κ1) is 17.7. The first-order chi connectivity index (χ1) is 13.5. The molecule has 4 fully saturated rings. The van der Waals surface area contributed by atoms with Crippen molar-refractivity contribution in [3.05, 3.63) is 16.2 Å². The van der Waals surface area contributed by atoms with Crippen LogP contribution >= 0.6 is 0 Å². The van der Waals surface area contributed by atoms with Crippen molar-refractivity contribution in [3.8, 4) is 0 Å². The molecule has 4 bridgehead atoms. The van der Waals surface area contributed by atoms with Gasteiger partial charge in [-0.1, -0.05) is 0 Å². The van der Waals surface area contributed by atoms with Crippen LogP contribution in [0, 0.1) is 27.9 Å². The van der Waals surface area contributed by atoms with Crippen LogP contribution in [0.2, 0.25) is 0 Å². The molecule has 0 unspecified atom stereocenters. The van der Waals surface area contributed by atoms with Crippen LogP contribution in [-0.4, -0.2) is 46.1 Å². The molecule has 6 rings (SSSR count). The van der Waals surface area contributed by atoms with Crippen LogP contribution < -0.4 is 10.2 Å².